The van der Waals surface area contributed by atoms with Gasteiger partial charge in [0.15, 0.2) is 0 Å². The van der Waals surface area contributed by atoms with E-state index in [0.29, 0.717) is 16.1 Å². The first-order valence-electron chi connectivity index (χ1n) is 6.79. The van der Waals surface area contributed by atoms with Gasteiger partial charge < -0.3 is 0 Å². The van der Waals surface area contributed by atoms with Crippen LogP contribution in [0.15, 0.2) is 53.4 Å². The third kappa shape index (κ3) is 3.30. The van der Waals surface area contributed by atoms with Crippen LogP contribution in [-0.2, 0) is 11.3 Å². The van der Waals surface area contributed by atoms with Gasteiger partial charge in [0.05, 0.1) is 11.4 Å². The molecule has 6 heteroatoms. The Morgan fingerprint density at radius 3 is 2.52 bits per heavy atom. The molecule has 0 saturated carbocycles. The number of nitrogens with zero attached hydrogens (tertiary/aromatic N) is 1. The van der Waals surface area contributed by atoms with Gasteiger partial charge in [0.25, 0.3) is 11.1 Å². The highest BCUT2D eigenvalue weighted by Gasteiger charge is 2.35. The second kappa shape index (κ2) is 6.56. The van der Waals surface area contributed by atoms with E-state index in [0.717, 1.165) is 16.7 Å². The largest absolute Gasteiger partial charge is 0.293 e. The van der Waals surface area contributed by atoms with Gasteiger partial charge in [-0.3, -0.25) is 14.5 Å². The Morgan fingerprint density at radius 2 is 1.78 bits per heavy atom. The summed E-state index contributed by atoms with van der Waals surface area (Å²) in [5.41, 5.74) is 0.958. The summed E-state index contributed by atoms with van der Waals surface area (Å²) in [6.07, 6.45) is 1.58. The van der Waals surface area contributed by atoms with E-state index in [2.05, 4.69) is 0 Å². The lowest BCUT2D eigenvalue weighted by molar-refractivity contribution is -0.123. The molecule has 1 heterocycles. The second-order valence-corrected chi connectivity index (χ2v) is 6.28. The fourth-order valence-electron chi connectivity index (χ4n) is 2.17. The molecule has 2 aromatic rings. The average Bonchev–Trinajstić information content (AvgIpc) is 2.79. The van der Waals surface area contributed by atoms with Crippen LogP contribution in [0.3, 0.4) is 0 Å². The highest BCUT2D eigenvalue weighted by atomic mass is 35.5. The van der Waals surface area contributed by atoms with Gasteiger partial charge in [0.2, 0.25) is 0 Å². The highest BCUT2D eigenvalue weighted by Crippen LogP contribution is 2.34. The average molecular weight is 348 g/mol. The van der Waals surface area contributed by atoms with Crippen LogP contribution in [0.25, 0.3) is 6.08 Å². The third-order valence-corrected chi connectivity index (χ3v) is 4.60. The van der Waals surface area contributed by atoms with E-state index in [9.17, 15) is 14.0 Å². The molecule has 1 saturated heterocycles. The fraction of sp³-hybridized carbons (Fsp3) is 0.0588. The zero-order chi connectivity index (χ0) is 16.4. The summed E-state index contributed by atoms with van der Waals surface area (Å²) in [5.74, 6) is -0.884. The van der Waals surface area contributed by atoms with Crippen LogP contribution < -0.4 is 0 Å². The van der Waals surface area contributed by atoms with Crippen LogP contribution >= 0.6 is 23.4 Å². The van der Waals surface area contributed by atoms with Gasteiger partial charge >= 0.3 is 0 Å². The van der Waals surface area contributed by atoms with Crippen LogP contribution in [0, 0.1) is 5.82 Å². The van der Waals surface area contributed by atoms with Crippen molar-refractivity contribution < 1.29 is 14.0 Å². The predicted molar refractivity (Wildman–Crippen MR) is 89.4 cm³/mol. The van der Waals surface area contributed by atoms with Crippen molar-refractivity contribution in [1.29, 1.82) is 0 Å². The first kappa shape index (κ1) is 15.8. The lowest BCUT2D eigenvalue weighted by atomic mass is 10.2. The number of halogens is 2. The van der Waals surface area contributed by atoms with Crippen molar-refractivity contribution in [3.63, 3.8) is 0 Å². The Labute approximate surface area is 141 Å². The molecule has 1 aliphatic heterocycles. The molecule has 0 aliphatic carbocycles. The molecule has 1 fully saturated rings. The quantitative estimate of drug-likeness (QED) is 0.754. The number of benzene rings is 2. The number of thioether (sulfide) groups is 1. The smallest absolute Gasteiger partial charge is 0.268 e. The molecule has 2 amide bonds. The standard InChI is InChI=1S/C17H11ClFNO2S/c18-13-7-3-1-5-11(13)9-15-16(21)20(17(22)23-15)10-12-6-2-4-8-14(12)19/h1-9H,10H2/b15-9+. The normalized spacial score (nSPS) is 16.4. The van der Waals surface area contributed by atoms with Crippen molar-refractivity contribution in [3.05, 3.63) is 75.4 Å². The number of hydrogen-bond acceptors (Lipinski definition) is 3. The maximum atomic E-state index is 13.7. The van der Waals surface area contributed by atoms with Crippen LogP contribution in [0.4, 0.5) is 9.18 Å². The molecule has 2 aromatic carbocycles. The lowest BCUT2D eigenvalue weighted by Gasteiger charge is -2.12. The zero-order valence-corrected chi connectivity index (χ0v) is 13.4. The van der Waals surface area contributed by atoms with Crippen LogP contribution in [0.2, 0.25) is 5.02 Å². The molecule has 0 radical (unpaired) electrons. The van der Waals surface area contributed by atoms with Gasteiger partial charge in [-0.1, -0.05) is 48.0 Å². The van der Waals surface area contributed by atoms with Crippen molar-refractivity contribution in [2.24, 2.45) is 0 Å². The number of rotatable bonds is 3. The third-order valence-electron chi connectivity index (χ3n) is 3.35. The molecule has 0 atom stereocenters. The topological polar surface area (TPSA) is 37.4 Å². The molecule has 0 spiro atoms. The maximum Gasteiger partial charge on any atom is 0.293 e. The summed E-state index contributed by atoms with van der Waals surface area (Å²) in [5, 5.41) is 0.0740. The first-order chi connectivity index (χ1) is 11.1. The summed E-state index contributed by atoms with van der Waals surface area (Å²) in [4.78, 5) is 25.8. The maximum absolute atomic E-state index is 13.7. The number of imide groups is 1. The molecular weight excluding hydrogens is 337 g/mol. The molecule has 3 nitrogen and oxygen atoms in total. The molecule has 3 rings (SSSR count). The highest BCUT2D eigenvalue weighted by molar-refractivity contribution is 8.18. The SMILES string of the molecule is O=C1S/C(=C/c2ccccc2Cl)C(=O)N1Cc1ccccc1F. The number of carbonyl (C=O) groups is 2. The summed E-state index contributed by atoms with van der Waals surface area (Å²) in [6, 6.07) is 13.1. The fourth-order valence-corrected chi connectivity index (χ4v) is 3.19. The van der Waals surface area contributed by atoms with E-state index in [-0.39, 0.29) is 11.4 Å². The Balaban J connectivity index is 1.86. The Hall–Kier alpha value is -2.11. The molecule has 0 N–H and O–H groups in total. The van der Waals surface area contributed by atoms with Gasteiger partial charge in [0.1, 0.15) is 5.82 Å². The molecule has 116 valence electrons. The zero-order valence-electron chi connectivity index (χ0n) is 11.8. The molecule has 1 aliphatic rings. The monoisotopic (exact) mass is 347 g/mol. The lowest BCUT2D eigenvalue weighted by Crippen LogP contribution is -2.27. The van der Waals surface area contributed by atoms with Gasteiger partial charge in [-0.15, -0.1) is 0 Å². The van der Waals surface area contributed by atoms with Crippen molar-refractivity contribution >= 4 is 40.6 Å². The van der Waals surface area contributed by atoms with E-state index in [1.807, 2.05) is 0 Å². The second-order valence-electron chi connectivity index (χ2n) is 4.88. The van der Waals surface area contributed by atoms with E-state index in [4.69, 9.17) is 11.6 Å². The van der Waals surface area contributed by atoms with Crippen molar-refractivity contribution in [1.82, 2.24) is 4.90 Å². The van der Waals surface area contributed by atoms with Gasteiger partial charge in [-0.25, -0.2) is 4.39 Å². The minimum atomic E-state index is -0.443. The van der Waals surface area contributed by atoms with Crippen LogP contribution in [0.1, 0.15) is 11.1 Å². The molecule has 0 unspecified atom stereocenters. The minimum absolute atomic E-state index is 0.0861. The molecular formula is C17H11ClFNO2S. The van der Waals surface area contributed by atoms with Gasteiger partial charge in [-0.2, -0.15) is 0 Å². The Bertz CT molecular complexity index is 822. The van der Waals surface area contributed by atoms with Crippen LogP contribution in [0.5, 0.6) is 0 Å². The Kier molecular flexibility index (Phi) is 4.50. The minimum Gasteiger partial charge on any atom is -0.268 e. The summed E-state index contributed by atoms with van der Waals surface area (Å²) < 4.78 is 13.7. The van der Waals surface area contributed by atoms with Crippen molar-refractivity contribution in [2.75, 3.05) is 0 Å². The number of hydrogen-bond donors (Lipinski definition) is 0. The Morgan fingerprint density at radius 1 is 1.09 bits per heavy atom. The van der Waals surface area contributed by atoms with E-state index < -0.39 is 17.0 Å². The van der Waals surface area contributed by atoms with Crippen LogP contribution in [-0.4, -0.2) is 16.0 Å². The van der Waals surface area contributed by atoms with E-state index in [1.54, 1.807) is 48.5 Å². The van der Waals surface area contributed by atoms with Gasteiger partial charge in [-0.05, 0) is 35.5 Å². The predicted octanol–water partition coefficient (Wildman–Crippen LogP) is 4.72. The van der Waals surface area contributed by atoms with Crippen molar-refractivity contribution in [2.45, 2.75) is 6.54 Å². The molecule has 23 heavy (non-hydrogen) atoms. The van der Waals surface area contributed by atoms with E-state index in [1.165, 1.54) is 6.07 Å². The van der Waals surface area contributed by atoms with Crippen molar-refractivity contribution in [3.8, 4) is 0 Å². The summed E-state index contributed by atoms with van der Waals surface area (Å²) in [6.45, 7) is -0.0861. The summed E-state index contributed by atoms with van der Waals surface area (Å²) in [7, 11) is 0. The van der Waals surface area contributed by atoms with E-state index >= 15 is 0 Å². The molecule has 0 aromatic heterocycles. The number of amides is 2. The van der Waals surface area contributed by atoms with Gasteiger partial charge in [0, 0.05) is 10.6 Å². The summed E-state index contributed by atoms with van der Waals surface area (Å²) >= 11 is 6.89. The number of carbonyl (C=O) groups excluding carboxylic acids is 2. The molecule has 0 bridgehead atoms. The first-order valence-corrected chi connectivity index (χ1v) is 7.99.